The highest BCUT2D eigenvalue weighted by Gasteiger charge is 2.15. The van der Waals surface area contributed by atoms with Crippen molar-refractivity contribution in [2.24, 2.45) is 0 Å². The minimum atomic E-state index is -2.89. The predicted molar refractivity (Wildman–Crippen MR) is 83.2 cm³/mol. The molecule has 7 heteroatoms. The number of nitrogens with one attached hydrogen (secondary N) is 1. The molecule has 23 heavy (non-hydrogen) atoms. The standard InChI is InChI=1S/C16H14ClF2NO3/c1-10(22-14-4-2-3-11(17)9-14)15(21)20-12-5-7-13(8-6-12)23-16(18)19/h2-10,16H,1H3,(H,20,21)/t10-/m0/s1. The van der Waals surface area contributed by atoms with Crippen LogP contribution in [0.15, 0.2) is 48.5 Å². The van der Waals surface area contributed by atoms with Crippen molar-refractivity contribution in [1.82, 2.24) is 0 Å². The first-order valence-electron chi connectivity index (χ1n) is 6.72. The molecule has 2 rings (SSSR count). The van der Waals surface area contributed by atoms with E-state index in [0.29, 0.717) is 16.5 Å². The Labute approximate surface area is 137 Å². The summed E-state index contributed by atoms with van der Waals surface area (Å²) in [5.74, 6) is 0.106. The van der Waals surface area contributed by atoms with Crippen LogP contribution in [-0.2, 0) is 4.79 Å². The smallest absolute Gasteiger partial charge is 0.387 e. The number of carbonyl (C=O) groups is 1. The van der Waals surface area contributed by atoms with Crippen molar-refractivity contribution in [1.29, 1.82) is 0 Å². The number of hydrogen-bond acceptors (Lipinski definition) is 3. The predicted octanol–water partition coefficient (Wildman–Crippen LogP) is 4.35. The Morgan fingerprint density at radius 2 is 1.78 bits per heavy atom. The molecule has 0 aliphatic carbocycles. The first-order chi connectivity index (χ1) is 10.9. The van der Waals surface area contributed by atoms with Gasteiger partial charge in [-0.2, -0.15) is 8.78 Å². The molecular weight excluding hydrogens is 328 g/mol. The average molecular weight is 342 g/mol. The van der Waals surface area contributed by atoms with Gasteiger partial charge in [0.1, 0.15) is 11.5 Å². The lowest BCUT2D eigenvalue weighted by Crippen LogP contribution is -2.30. The van der Waals surface area contributed by atoms with Gasteiger partial charge < -0.3 is 14.8 Å². The molecule has 0 saturated carbocycles. The number of rotatable bonds is 6. The Morgan fingerprint density at radius 3 is 2.39 bits per heavy atom. The van der Waals surface area contributed by atoms with Crippen molar-refractivity contribution >= 4 is 23.2 Å². The van der Waals surface area contributed by atoms with Gasteiger partial charge in [0.2, 0.25) is 0 Å². The molecule has 0 saturated heterocycles. The Kier molecular flexibility index (Phi) is 5.76. The zero-order valence-electron chi connectivity index (χ0n) is 12.1. The van der Waals surface area contributed by atoms with E-state index in [2.05, 4.69) is 10.1 Å². The number of halogens is 3. The van der Waals surface area contributed by atoms with Crippen LogP contribution < -0.4 is 14.8 Å². The SMILES string of the molecule is C[C@H](Oc1cccc(Cl)c1)C(=O)Nc1ccc(OC(F)F)cc1. The molecule has 0 radical (unpaired) electrons. The number of ether oxygens (including phenoxy) is 2. The molecule has 122 valence electrons. The first kappa shape index (κ1) is 17.0. The fourth-order valence-corrected chi connectivity index (χ4v) is 1.94. The number of benzene rings is 2. The highest BCUT2D eigenvalue weighted by molar-refractivity contribution is 6.30. The molecule has 0 aliphatic rings. The molecule has 0 aromatic heterocycles. The van der Waals surface area contributed by atoms with Gasteiger partial charge in [-0.25, -0.2) is 0 Å². The highest BCUT2D eigenvalue weighted by Crippen LogP contribution is 2.20. The van der Waals surface area contributed by atoms with Gasteiger partial charge in [0, 0.05) is 10.7 Å². The lowest BCUT2D eigenvalue weighted by Gasteiger charge is -2.15. The van der Waals surface area contributed by atoms with Crippen molar-refractivity contribution in [3.8, 4) is 11.5 Å². The molecule has 0 spiro atoms. The van der Waals surface area contributed by atoms with Gasteiger partial charge in [0.25, 0.3) is 5.91 Å². The van der Waals surface area contributed by atoms with E-state index >= 15 is 0 Å². The van der Waals surface area contributed by atoms with Gasteiger partial charge in [0.15, 0.2) is 6.10 Å². The van der Waals surface area contributed by atoms with Gasteiger partial charge in [-0.3, -0.25) is 4.79 Å². The van der Waals surface area contributed by atoms with E-state index in [4.69, 9.17) is 16.3 Å². The lowest BCUT2D eigenvalue weighted by atomic mass is 10.2. The third kappa shape index (κ3) is 5.41. The van der Waals surface area contributed by atoms with Crippen LogP contribution in [0.5, 0.6) is 11.5 Å². The van der Waals surface area contributed by atoms with Crippen LogP contribution >= 0.6 is 11.6 Å². The number of hydrogen-bond donors (Lipinski definition) is 1. The maximum Gasteiger partial charge on any atom is 0.387 e. The summed E-state index contributed by atoms with van der Waals surface area (Å²) in [5, 5.41) is 3.12. The third-order valence-electron chi connectivity index (χ3n) is 2.83. The van der Waals surface area contributed by atoms with Crippen molar-refractivity contribution < 1.29 is 23.0 Å². The normalized spacial score (nSPS) is 11.9. The van der Waals surface area contributed by atoms with E-state index in [1.165, 1.54) is 24.3 Å². The third-order valence-corrected chi connectivity index (χ3v) is 3.06. The Morgan fingerprint density at radius 1 is 1.09 bits per heavy atom. The fourth-order valence-electron chi connectivity index (χ4n) is 1.76. The van der Waals surface area contributed by atoms with Crippen LogP contribution in [0, 0.1) is 0 Å². The summed E-state index contributed by atoms with van der Waals surface area (Å²) in [4.78, 5) is 12.0. The van der Waals surface area contributed by atoms with Crippen LogP contribution in [0.1, 0.15) is 6.92 Å². The average Bonchev–Trinajstić information content (AvgIpc) is 2.48. The van der Waals surface area contributed by atoms with Crippen LogP contribution in [0.4, 0.5) is 14.5 Å². The van der Waals surface area contributed by atoms with E-state index in [-0.39, 0.29) is 11.7 Å². The Balaban J connectivity index is 1.92. The molecule has 1 N–H and O–H groups in total. The Bertz CT molecular complexity index is 665. The highest BCUT2D eigenvalue weighted by atomic mass is 35.5. The maximum absolute atomic E-state index is 12.1. The lowest BCUT2D eigenvalue weighted by molar-refractivity contribution is -0.122. The quantitative estimate of drug-likeness (QED) is 0.849. The maximum atomic E-state index is 12.1. The Hall–Kier alpha value is -2.34. The van der Waals surface area contributed by atoms with Gasteiger partial charge in [0.05, 0.1) is 0 Å². The fraction of sp³-hybridized carbons (Fsp3) is 0.188. The number of anilines is 1. The molecule has 0 unspecified atom stereocenters. The van der Waals surface area contributed by atoms with Crippen LogP contribution in [0.2, 0.25) is 5.02 Å². The summed E-state index contributed by atoms with van der Waals surface area (Å²) in [6.45, 7) is -1.30. The van der Waals surface area contributed by atoms with Crippen LogP contribution in [0.25, 0.3) is 0 Å². The van der Waals surface area contributed by atoms with Gasteiger partial charge in [-0.1, -0.05) is 17.7 Å². The molecule has 1 atom stereocenters. The molecule has 4 nitrogen and oxygen atoms in total. The monoisotopic (exact) mass is 341 g/mol. The summed E-state index contributed by atoms with van der Waals surface area (Å²) >= 11 is 5.84. The molecule has 1 amide bonds. The zero-order valence-corrected chi connectivity index (χ0v) is 12.9. The second-order valence-electron chi connectivity index (χ2n) is 4.61. The van der Waals surface area contributed by atoms with E-state index < -0.39 is 12.7 Å². The minimum Gasteiger partial charge on any atom is -0.481 e. The van der Waals surface area contributed by atoms with Crippen molar-refractivity contribution in [2.45, 2.75) is 19.6 Å². The molecule has 2 aromatic carbocycles. The largest absolute Gasteiger partial charge is 0.481 e. The van der Waals surface area contributed by atoms with Crippen molar-refractivity contribution in [3.05, 3.63) is 53.6 Å². The zero-order chi connectivity index (χ0) is 16.8. The van der Waals surface area contributed by atoms with E-state index in [9.17, 15) is 13.6 Å². The summed E-state index contributed by atoms with van der Waals surface area (Å²) in [6, 6.07) is 12.3. The number of amides is 1. The van der Waals surface area contributed by atoms with E-state index in [1.54, 1.807) is 31.2 Å². The van der Waals surface area contributed by atoms with E-state index in [1.807, 2.05) is 0 Å². The summed E-state index contributed by atoms with van der Waals surface area (Å²) < 4.78 is 33.8. The summed E-state index contributed by atoms with van der Waals surface area (Å²) in [7, 11) is 0. The summed E-state index contributed by atoms with van der Waals surface area (Å²) in [6.07, 6.45) is -0.759. The first-order valence-corrected chi connectivity index (χ1v) is 7.10. The van der Waals surface area contributed by atoms with Crippen molar-refractivity contribution in [3.63, 3.8) is 0 Å². The summed E-state index contributed by atoms with van der Waals surface area (Å²) in [5.41, 5.74) is 0.443. The number of carbonyl (C=O) groups excluding carboxylic acids is 1. The minimum absolute atomic E-state index is 0.0150. The van der Waals surface area contributed by atoms with Gasteiger partial charge in [-0.15, -0.1) is 0 Å². The molecule has 0 aliphatic heterocycles. The van der Waals surface area contributed by atoms with Crippen LogP contribution in [0.3, 0.4) is 0 Å². The number of alkyl halides is 2. The van der Waals surface area contributed by atoms with Crippen molar-refractivity contribution in [2.75, 3.05) is 5.32 Å². The topological polar surface area (TPSA) is 47.6 Å². The van der Waals surface area contributed by atoms with Crippen LogP contribution in [-0.4, -0.2) is 18.6 Å². The van der Waals surface area contributed by atoms with E-state index in [0.717, 1.165) is 0 Å². The molecule has 0 fully saturated rings. The molecule has 0 bridgehead atoms. The van der Waals surface area contributed by atoms with Gasteiger partial charge >= 0.3 is 6.61 Å². The molecule has 2 aromatic rings. The molecular formula is C16H14ClF2NO3. The second-order valence-corrected chi connectivity index (χ2v) is 5.05. The molecule has 0 heterocycles. The second kappa shape index (κ2) is 7.78. The van der Waals surface area contributed by atoms with Gasteiger partial charge in [-0.05, 0) is 49.4 Å².